The Morgan fingerprint density at radius 3 is 2.58 bits per heavy atom. The van der Waals surface area contributed by atoms with Crippen LogP contribution in [0.2, 0.25) is 0 Å². The Hall–Kier alpha value is -1.93. The molecule has 2 atom stereocenters. The fourth-order valence-corrected chi connectivity index (χ4v) is 3.82. The smallest absolute Gasteiger partial charge is 0.254 e. The Morgan fingerprint density at radius 2 is 1.96 bits per heavy atom. The van der Waals surface area contributed by atoms with Crippen molar-refractivity contribution in [1.82, 2.24) is 9.97 Å². The van der Waals surface area contributed by atoms with E-state index in [0.717, 1.165) is 45.1 Å². The standard InChI is InChI=1S/C18H29N5O3/c1-2-26-14-7-4-11(5-8-14)22-18-20-10-15(16(19)25)17(23-18)21-12-3-6-13(24)9-12/h10-14,24H,2-9H2,1H3,(H2,19,25)(H2,20,21,22,23)/t11?,12-,13+,14?/m1/s1. The van der Waals surface area contributed by atoms with Crippen molar-refractivity contribution in [3.8, 4) is 0 Å². The van der Waals surface area contributed by atoms with Crippen LogP contribution in [0.15, 0.2) is 6.20 Å². The van der Waals surface area contributed by atoms with Crippen molar-refractivity contribution < 1.29 is 14.6 Å². The number of nitrogens with zero attached hydrogens (tertiary/aromatic N) is 2. The van der Waals surface area contributed by atoms with Crippen LogP contribution in [0.5, 0.6) is 0 Å². The third-order valence-electron chi connectivity index (χ3n) is 5.21. The van der Waals surface area contributed by atoms with Gasteiger partial charge in [-0.25, -0.2) is 4.98 Å². The van der Waals surface area contributed by atoms with Gasteiger partial charge in [-0.2, -0.15) is 4.98 Å². The molecule has 0 saturated heterocycles. The number of ether oxygens (including phenoxy) is 1. The Morgan fingerprint density at radius 1 is 1.23 bits per heavy atom. The fraction of sp³-hybridized carbons (Fsp3) is 0.722. The van der Waals surface area contributed by atoms with Gasteiger partial charge in [-0.3, -0.25) is 4.79 Å². The van der Waals surface area contributed by atoms with Gasteiger partial charge in [-0.15, -0.1) is 0 Å². The van der Waals surface area contributed by atoms with Crippen LogP contribution < -0.4 is 16.4 Å². The molecule has 0 bridgehead atoms. The number of carbonyl (C=O) groups excluding carboxylic acids is 1. The van der Waals surface area contributed by atoms with Crippen molar-refractivity contribution in [1.29, 1.82) is 0 Å². The second-order valence-corrected chi connectivity index (χ2v) is 7.20. The van der Waals surface area contributed by atoms with Gasteiger partial charge in [0, 0.05) is 24.9 Å². The number of primary amides is 1. The van der Waals surface area contributed by atoms with Crippen molar-refractivity contribution in [3.05, 3.63) is 11.8 Å². The van der Waals surface area contributed by atoms with Crippen molar-refractivity contribution >= 4 is 17.7 Å². The molecule has 1 aromatic heterocycles. The summed E-state index contributed by atoms with van der Waals surface area (Å²) in [4.78, 5) is 20.4. The SMILES string of the molecule is CCOC1CCC(Nc2ncc(C(N)=O)c(N[C@@H]3CC[C@H](O)C3)n2)CC1. The average molecular weight is 363 g/mol. The molecule has 8 nitrogen and oxygen atoms in total. The van der Waals surface area contributed by atoms with Crippen molar-refractivity contribution in [2.45, 2.75) is 76.2 Å². The molecular formula is C18H29N5O3. The van der Waals surface area contributed by atoms with Gasteiger partial charge in [0.1, 0.15) is 5.82 Å². The molecule has 1 heterocycles. The van der Waals surface area contributed by atoms with E-state index in [1.165, 1.54) is 6.20 Å². The largest absolute Gasteiger partial charge is 0.393 e. The van der Waals surface area contributed by atoms with Crippen LogP contribution in [0.3, 0.4) is 0 Å². The highest BCUT2D eigenvalue weighted by Crippen LogP contribution is 2.26. The average Bonchev–Trinajstić information content (AvgIpc) is 3.02. The molecule has 2 saturated carbocycles. The van der Waals surface area contributed by atoms with Gasteiger partial charge < -0.3 is 26.2 Å². The Kier molecular flexibility index (Phi) is 6.26. The molecule has 2 aliphatic carbocycles. The van der Waals surface area contributed by atoms with E-state index >= 15 is 0 Å². The number of aliphatic hydroxyl groups is 1. The van der Waals surface area contributed by atoms with Crippen LogP contribution >= 0.6 is 0 Å². The van der Waals surface area contributed by atoms with Crippen LogP contribution in [0.25, 0.3) is 0 Å². The molecule has 2 fully saturated rings. The summed E-state index contributed by atoms with van der Waals surface area (Å²) >= 11 is 0. The molecule has 5 N–H and O–H groups in total. The summed E-state index contributed by atoms with van der Waals surface area (Å²) < 4.78 is 5.68. The molecule has 0 radical (unpaired) electrons. The number of hydrogen-bond donors (Lipinski definition) is 4. The summed E-state index contributed by atoms with van der Waals surface area (Å²) in [6, 6.07) is 0.389. The molecule has 26 heavy (non-hydrogen) atoms. The Bertz CT molecular complexity index is 619. The molecule has 8 heteroatoms. The molecule has 144 valence electrons. The van der Waals surface area contributed by atoms with E-state index in [2.05, 4.69) is 20.6 Å². The Labute approximate surface area is 153 Å². The molecule has 1 aromatic rings. The lowest BCUT2D eigenvalue weighted by Gasteiger charge is -2.29. The molecule has 0 spiro atoms. The first-order valence-electron chi connectivity index (χ1n) is 9.54. The van der Waals surface area contributed by atoms with Gasteiger partial charge in [0.15, 0.2) is 0 Å². The van der Waals surface area contributed by atoms with Crippen LogP contribution in [-0.4, -0.2) is 51.9 Å². The third-order valence-corrected chi connectivity index (χ3v) is 5.21. The van der Waals surface area contributed by atoms with E-state index in [1.54, 1.807) is 0 Å². The van der Waals surface area contributed by atoms with Crippen molar-refractivity contribution in [3.63, 3.8) is 0 Å². The first-order chi connectivity index (χ1) is 12.5. The maximum Gasteiger partial charge on any atom is 0.254 e. The van der Waals surface area contributed by atoms with E-state index in [-0.39, 0.29) is 17.7 Å². The summed E-state index contributed by atoms with van der Waals surface area (Å²) in [6.07, 6.45) is 7.81. The second-order valence-electron chi connectivity index (χ2n) is 7.20. The molecule has 2 aliphatic rings. The zero-order chi connectivity index (χ0) is 18.5. The lowest BCUT2D eigenvalue weighted by molar-refractivity contribution is 0.0346. The van der Waals surface area contributed by atoms with Crippen LogP contribution in [-0.2, 0) is 4.74 Å². The first kappa shape index (κ1) is 18.8. The predicted octanol–water partition coefficient (Wildman–Crippen LogP) is 1.66. The van der Waals surface area contributed by atoms with E-state index in [4.69, 9.17) is 10.5 Å². The quantitative estimate of drug-likeness (QED) is 0.581. The van der Waals surface area contributed by atoms with Gasteiger partial charge >= 0.3 is 0 Å². The number of nitrogens with two attached hydrogens (primary N) is 1. The number of anilines is 2. The monoisotopic (exact) mass is 363 g/mol. The molecular weight excluding hydrogens is 334 g/mol. The normalized spacial score (nSPS) is 28.7. The number of aromatic nitrogens is 2. The first-order valence-corrected chi connectivity index (χ1v) is 9.54. The Balaban J connectivity index is 1.64. The maximum atomic E-state index is 11.7. The summed E-state index contributed by atoms with van der Waals surface area (Å²) in [5, 5.41) is 16.3. The number of hydrogen-bond acceptors (Lipinski definition) is 7. The summed E-state index contributed by atoms with van der Waals surface area (Å²) in [5.41, 5.74) is 5.73. The highest BCUT2D eigenvalue weighted by atomic mass is 16.5. The molecule has 0 aliphatic heterocycles. The van der Waals surface area contributed by atoms with Gasteiger partial charge in [0.2, 0.25) is 5.95 Å². The molecule has 0 aromatic carbocycles. The van der Waals surface area contributed by atoms with Crippen molar-refractivity contribution in [2.24, 2.45) is 5.73 Å². The van der Waals surface area contributed by atoms with Gasteiger partial charge in [0.25, 0.3) is 5.91 Å². The van der Waals surface area contributed by atoms with Crippen LogP contribution in [0.4, 0.5) is 11.8 Å². The van der Waals surface area contributed by atoms with Crippen LogP contribution in [0, 0.1) is 0 Å². The molecule has 1 amide bonds. The highest BCUT2D eigenvalue weighted by Gasteiger charge is 2.26. The topological polar surface area (TPSA) is 122 Å². The van der Waals surface area contributed by atoms with Crippen LogP contribution in [0.1, 0.15) is 62.2 Å². The number of aliphatic hydroxyl groups excluding tert-OH is 1. The second kappa shape index (κ2) is 8.64. The van der Waals surface area contributed by atoms with E-state index in [0.29, 0.717) is 30.3 Å². The number of carbonyl (C=O) groups is 1. The maximum absolute atomic E-state index is 11.7. The summed E-state index contributed by atoms with van der Waals surface area (Å²) in [5.74, 6) is 0.378. The number of rotatable bonds is 7. The molecule has 3 rings (SSSR count). The number of amides is 1. The third kappa shape index (κ3) is 4.82. The lowest BCUT2D eigenvalue weighted by Crippen LogP contribution is -2.31. The fourth-order valence-electron chi connectivity index (χ4n) is 3.82. The summed E-state index contributed by atoms with van der Waals surface area (Å²) in [6.45, 7) is 2.78. The van der Waals surface area contributed by atoms with E-state index < -0.39 is 5.91 Å². The van der Waals surface area contributed by atoms with E-state index in [1.807, 2.05) is 6.92 Å². The summed E-state index contributed by atoms with van der Waals surface area (Å²) in [7, 11) is 0. The number of nitrogens with one attached hydrogen (secondary N) is 2. The minimum Gasteiger partial charge on any atom is -0.393 e. The zero-order valence-electron chi connectivity index (χ0n) is 15.3. The predicted molar refractivity (Wildman–Crippen MR) is 99.1 cm³/mol. The van der Waals surface area contributed by atoms with Gasteiger partial charge in [-0.1, -0.05) is 0 Å². The minimum atomic E-state index is -0.560. The lowest BCUT2D eigenvalue weighted by atomic mass is 9.93. The van der Waals surface area contributed by atoms with Gasteiger partial charge in [-0.05, 0) is 51.9 Å². The van der Waals surface area contributed by atoms with Crippen molar-refractivity contribution in [2.75, 3.05) is 17.2 Å². The molecule has 0 unspecified atom stereocenters. The van der Waals surface area contributed by atoms with Gasteiger partial charge in [0.05, 0.1) is 17.8 Å². The highest BCUT2D eigenvalue weighted by molar-refractivity contribution is 5.97. The zero-order valence-corrected chi connectivity index (χ0v) is 15.3. The van der Waals surface area contributed by atoms with E-state index in [9.17, 15) is 9.90 Å². The minimum absolute atomic E-state index is 0.0903.